The van der Waals surface area contributed by atoms with Gasteiger partial charge in [-0.25, -0.2) is 13.8 Å². The number of ether oxygens (including phenoxy) is 2. The van der Waals surface area contributed by atoms with Gasteiger partial charge in [0.2, 0.25) is 5.91 Å². The van der Waals surface area contributed by atoms with Crippen LogP contribution in [0.1, 0.15) is 18.7 Å². The van der Waals surface area contributed by atoms with Gasteiger partial charge in [-0.15, -0.1) is 0 Å². The average molecular weight is 625 g/mol. The van der Waals surface area contributed by atoms with E-state index in [9.17, 15) is 9.18 Å². The van der Waals surface area contributed by atoms with E-state index in [-0.39, 0.29) is 36.5 Å². The lowest BCUT2D eigenvalue weighted by Gasteiger charge is -2.33. The van der Waals surface area contributed by atoms with Gasteiger partial charge in [0, 0.05) is 61.7 Å². The van der Waals surface area contributed by atoms with Crippen LogP contribution >= 0.6 is 0 Å². The second-order valence-corrected chi connectivity index (χ2v) is 11.1. The Morgan fingerprint density at radius 1 is 1.13 bits per heavy atom. The molecule has 1 atom stereocenters. The summed E-state index contributed by atoms with van der Waals surface area (Å²) in [6.07, 6.45) is 6.43. The van der Waals surface area contributed by atoms with E-state index in [1.165, 1.54) is 19.4 Å². The molecule has 0 saturated heterocycles. The van der Waals surface area contributed by atoms with Gasteiger partial charge in [0.05, 0.1) is 47.7 Å². The van der Waals surface area contributed by atoms with Gasteiger partial charge in [-0.3, -0.25) is 14.5 Å². The Kier molecular flexibility index (Phi) is 7.36. The van der Waals surface area contributed by atoms with E-state index in [4.69, 9.17) is 24.0 Å². The Bertz CT molecular complexity index is 2150. The highest BCUT2D eigenvalue weighted by molar-refractivity contribution is 6.07. The van der Waals surface area contributed by atoms with Crippen LogP contribution < -0.4 is 4.74 Å². The van der Waals surface area contributed by atoms with Crippen molar-refractivity contribution in [2.24, 2.45) is 7.05 Å². The van der Waals surface area contributed by atoms with Gasteiger partial charge in [-0.05, 0) is 37.3 Å². The predicted octanol–water partition coefficient (Wildman–Crippen LogP) is 6.30. The molecule has 0 N–H and O–H groups in total. The number of furan rings is 1. The van der Waals surface area contributed by atoms with Gasteiger partial charge in [-0.1, -0.05) is 6.58 Å². The fourth-order valence-electron chi connectivity index (χ4n) is 6.11. The average Bonchev–Trinajstić information content (AvgIpc) is 3.80. The summed E-state index contributed by atoms with van der Waals surface area (Å²) in [6, 6.07) is 9.10. The topological polar surface area (TPSA) is 100 Å². The zero-order chi connectivity index (χ0) is 32.1. The molecule has 1 aliphatic rings. The van der Waals surface area contributed by atoms with Gasteiger partial charge in [-0.2, -0.15) is 5.10 Å². The maximum absolute atomic E-state index is 16.0. The molecule has 0 radical (unpaired) electrons. The van der Waals surface area contributed by atoms with Crippen molar-refractivity contribution in [3.05, 3.63) is 85.0 Å². The lowest BCUT2D eigenvalue weighted by Crippen LogP contribution is -2.40. The van der Waals surface area contributed by atoms with Crippen LogP contribution in [0, 0.1) is 11.6 Å². The maximum atomic E-state index is 16.0. The highest BCUT2D eigenvalue weighted by Crippen LogP contribution is 2.46. The minimum Gasteiger partial charge on any atom is -0.490 e. The predicted molar refractivity (Wildman–Crippen MR) is 168 cm³/mol. The Morgan fingerprint density at radius 2 is 1.98 bits per heavy atom. The number of aromatic nitrogens is 5. The molecule has 6 heterocycles. The number of carbonyl (C=O) groups excluding carboxylic acids is 1. The summed E-state index contributed by atoms with van der Waals surface area (Å²) in [7, 11) is 3.44. The molecule has 0 aliphatic carbocycles. The highest BCUT2D eigenvalue weighted by atomic mass is 19.1. The number of benzene rings is 1. The molecule has 10 nitrogen and oxygen atoms in total. The molecule has 12 heteroatoms. The quantitative estimate of drug-likeness (QED) is 0.145. The van der Waals surface area contributed by atoms with Crippen LogP contribution in [0.5, 0.6) is 5.75 Å². The van der Waals surface area contributed by atoms with Crippen molar-refractivity contribution in [3.63, 3.8) is 0 Å². The molecule has 1 aromatic carbocycles. The van der Waals surface area contributed by atoms with Crippen LogP contribution in [0.2, 0.25) is 0 Å². The van der Waals surface area contributed by atoms with Crippen molar-refractivity contribution in [2.75, 3.05) is 26.9 Å². The van der Waals surface area contributed by atoms with Gasteiger partial charge >= 0.3 is 0 Å². The number of pyridine rings is 2. The van der Waals surface area contributed by atoms with Crippen LogP contribution in [-0.2, 0) is 23.1 Å². The van der Waals surface area contributed by atoms with E-state index >= 15 is 4.39 Å². The number of methoxy groups -OCH3 is 1. The van der Waals surface area contributed by atoms with Crippen LogP contribution in [0.25, 0.3) is 55.8 Å². The molecular formula is C34H30F2N6O4. The first-order valence-electron chi connectivity index (χ1n) is 14.7. The van der Waals surface area contributed by atoms with E-state index in [0.29, 0.717) is 52.3 Å². The number of fused-ring (bicyclic) bond motifs is 3. The van der Waals surface area contributed by atoms with Crippen molar-refractivity contribution in [1.29, 1.82) is 0 Å². The third kappa shape index (κ3) is 4.81. The molecule has 5 aromatic heterocycles. The summed E-state index contributed by atoms with van der Waals surface area (Å²) in [4.78, 5) is 24.0. The Balaban J connectivity index is 1.51. The molecule has 1 unspecified atom stereocenters. The van der Waals surface area contributed by atoms with Gasteiger partial charge < -0.3 is 23.4 Å². The van der Waals surface area contributed by atoms with Crippen LogP contribution in [-0.4, -0.2) is 62.0 Å². The first kappa shape index (κ1) is 29.4. The molecule has 1 amide bonds. The summed E-state index contributed by atoms with van der Waals surface area (Å²) in [5.74, 6) is -1.82. The molecule has 0 spiro atoms. The second-order valence-electron chi connectivity index (χ2n) is 11.1. The number of hydrogen-bond donors (Lipinski definition) is 0. The maximum Gasteiger partial charge on any atom is 0.246 e. The van der Waals surface area contributed by atoms with Crippen molar-refractivity contribution >= 4 is 27.9 Å². The lowest BCUT2D eigenvalue weighted by atomic mass is 9.95. The van der Waals surface area contributed by atoms with Crippen LogP contribution in [0.3, 0.4) is 0 Å². The molecule has 7 rings (SSSR count). The molecule has 0 bridgehead atoms. The zero-order valence-electron chi connectivity index (χ0n) is 25.5. The zero-order valence-corrected chi connectivity index (χ0v) is 25.5. The third-order valence-electron chi connectivity index (χ3n) is 8.39. The van der Waals surface area contributed by atoms with E-state index in [2.05, 4.69) is 11.6 Å². The third-order valence-corrected chi connectivity index (χ3v) is 8.39. The molecular weight excluding hydrogens is 594 g/mol. The molecule has 234 valence electrons. The van der Waals surface area contributed by atoms with Gasteiger partial charge in [0.1, 0.15) is 41.1 Å². The molecule has 0 saturated carbocycles. The second kappa shape index (κ2) is 11.5. The minimum absolute atomic E-state index is 0.0106. The Hall–Kier alpha value is -5.36. The smallest absolute Gasteiger partial charge is 0.246 e. The number of halogens is 2. The number of aryl methyl sites for hydroxylation is 1. The van der Waals surface area contributed by atoms with Crippen molar-refractivity contribution in [3.8, 4) is 39.5 Å². The number of nitrogens with zero attached hydrogens (tertiary/aromatic N) is 6. The Morgan fingerprint density at radius 3 is 2.78 bits per heavy atom. The van der Waals surface area contributed by atoms with Crippen LogP contribution in [0.15, 0.2) is 72.1 Å². The molecule has 6 aromatic rings. The normalized spacial score (nSPS) is 14.6. The Labute approximate surface area is 262 Å². The number of hydrogen-bond acceptors (Lipinski definition) is 7. The first-order chi connectivity index (χ1) is 22.3. The number of rotatable bonds is 8. The highest BCUT2D eigenvalue weighted by Gasteiger charge is 2.31. The summed E-state index contributed by atoms with van der Waals surface area (Å²) < 4.78 is 51.4. The number of amides is 1. The minimum atomic E-state index is -0.835. The standard InChI is InChI=1S/C34H30F2N6O4/c1-5-29(43)41-9-10-42-26(19(41)2)17-25(39-42)33-30(31-23(36)15-21(35)16-28(31)45-13-12-44-4)22-7-11-46-34(22)32(38-33)20-14-27-24(37-18-20)6-8-40(27)3/h5-8,11,14-19H,1,9-10,12-13H2,2-4H3. The number of carbonyl (C=O) groups is 1. The summed E-state index contributed by atoms with van der Waals surface area (Å²) in [5.41, 5.74) is 5.13. The summed E-state index contributed by atoms with van der Waals surface area (Å²) >= 11 is 0. The first-order valence-corrected chi connectivity index (χ1v) is 14.7. The van der Waals surface area contributed by atoms with Gasteiger partial charge in [0.15, 0.2) is 5.58 Å². The lowest BCUT2D eigenvalue weighted by molar-refractivity contribution is -0.129. The fourth-order valence-corrected chi connectivity index (χ4v) is 6.11. The monoisotopic (exact) mass is 624 g/mol. The summed E-state index contributed by atoms with van der Waals surface area (Å²) in [6.45, 7) is 6.71. The fraction of sp³-hybridized carbons (Fsp3) is 0.235. The molecule has 1 aliphatic heterocycles. The SMILES string of the molecule is C=CC(=O)N1CCn2nc(-c3nc(-c4cnc5ccn(C)c5c4)c4occc4c3-c3c(F)cc(F)cc3OCCOC)cc2C1C. The summed E-state index contributed by atoms with van der Waals surface area (Å²) in [5, 5.41) is 5.42. The van der Waals surface area contributed by atoms with E-state index in [1.54, 1.807) is 17.2 Å². The van der Waals surface area contributed by atoms with Crippen molar-refractivity contribution in [1.82, 2.24) is 29.2 Å². The molecule has 0 fully saturated rings. The van der Waals surface area contributed by atoms with Crippen LogP contribution in [0.4, 0.5) is 8.78 Å². The van der Waals surface area contributed by atoms with Gasteiger partial charge in [0.25, 0.3) is 0 Å². The van der Waals surface area contributed by atoms with E-state index in [0.717, 1.165) is 28.9 Å². The largest absolute Gasteiger partial charge is 0.490 e. The van der Waals surface area contributed by atoms with Crippen molar-refractivity contribution < 1.29 is 27.5 Å². The van der Waals surface area contributed by atoms with E-state index in [1.807, 2.05) is 47.6 Å². The van der Waals surface area contributed by atoms with E-state index < -0.39 is 11.6 Å². The molecule has 46 heavy (non-hydrogen) atoms. The van der Waals surface area contributed by atoms with Crippen molar-refractivity contribution in [2.45, 2.75) is 19.5 Å².